The Morgan fingerprint density at radius 1 is 1.45 bits per heavy atom. The molecule has 3 nitrogen and oxygen atoms in total. The molecule has 0 spiro atoms. The van der Waals surface area contributed by atoms with Crippen LogP contribution in [0.5, 0.6) is 0 Å². The van der Waals surface area contributed by atoms with Crippen molar-refractivity contribution >= 4 is 34.2 Å². The molecule has 1 aliphatic rings. The highest BCUT2D eigenvalue weighted by Crippen LogP contribution is 2.40. The number of H-pyrrole nitrogens is 1. The number of benzene rings is 1. The molecule has 20 heavy (non-hydrogen) atoms. The van der Waals surface area contributed by atoms with E-state index in [1.807, 2.05) is 22.6 Å². The molecule has 0 unspecified atom stereocenters. The molecule has 0 atom stereocenters. The van der Waals surface area contributed by atoms with Crippen molar-refractivity contribution in [3.63, 3.8) is 0 Å². The van der Waals surface area contributed by atoms with E-state index in [0.717, 1.165) is 18.5 Å². The number of aromatic amines is 1. The summed E-state index contributed by atoms with van der Waals surface area (Å²) in [4.78, 5) is 19.1. The van der Waals surface area contributed by atoms with E-state index in [-0.39, 0.29) is 17.8 Å². The summed E-state index contributed by atoms with van der Waals surface area (Å²) >= 11 is 8.02. The van der Waals surface area contributed by atoms with Crippen LogP contribution in [-0.2, 0) is 6.42 Å². The normalized spacial score (nSPS) is 14.6. The Morgan fingerprint density at radius 3 is 2.85 bits per heavy atom. The standard InChI is InChI=1S/C14H11ClFIN2O/c15-9-2-1-3-10(16)8(9)6-11-18-13(7-4-5-7)12(17)14(20)19-11/h1-3,7H,4-6H2,(H,18,19,20). The van der Waals surface area contributed by atoms with E-state index in [0.29, 0.717) is 25.9 Å². The number of hydrogen-bond donors (Lipinski definition) is 1. The Hall–Kier alpha value is -0.950. The van der Waals surface area contributed by atoms with Crippen molar-refractivity contribution in [3.05, 3.63) is 60.0 Å². The highest BCUT2D eigenvalue weighted by molar-refractivity contribution is 14.1. The molecule has 1 aliphatic carbocycles. The largest absolute Gasteiger partial charge is 0.309 e. The molecule has 0 radical (unpaired) electrons. The molecule has 1 fully saturated rings. The predicted molar refractivity (Wildman–Crippen MR) is 83.8 cm³/mol. The topological polar surface area (TPSA) is 45.8 Å². The summed E-state index contributed by atoms with van der Waals surface area (Å²) in [6.07, 6.45) is 2.32. The van der Waals surface area contributed by atoms with E-state index < -0.39 is 0 Å². The first-order chi connectivity index (χ1) is 9.56. The maximum absolute atomic E-state index is 13.8. The third kappa shape index (κ3) is 2.74. The third-order valence-corrected chi connectivity index (χ3v) is 4.70. The van der Waals surface area contributed by atoms with Crippen LogP contribution < -0.4 is 5.56 Å². The maximum Gasteiger partial charge on any atom is 0.264 e. The zero-order chi connectivity index (χ0) is 14.3. The highest BCUT2D eigenvalue weighted by Gasteiger charge is 2.29. The van der Waals surface area contributed by atoms with Crippen LogP contribution in [0.3, 0.4) is 0 Å². The minimum atomic E-state index is -0.383. The quantitative estimate of drug-likeness (QED) is 0.794. The van der Waals surface area contributed by atoms with Crippen LogP contribution in [0.15, 0.2) is 23.0 Å². The molecular formula is C14H11ClFIN2O. The second-order valence-corrected chi connectivity index (χ2v) is 6.35. The SMILES string of the molecule is O=c1[nH]c(Cc2c(F)cccc2Cl)nc(C2CC2)c1I. The third-order valence-electron chi connectivity index (χ3n) is 3.31. The smallest absolute Gasteiger partial charge is 0.264 e. The summed E-state index contributed by atoms with van der Waals surface area (Å²) in [5, 5.41) is 0.346. The molecule has 1 N–H and O–H groups in total. The molecule has 0 saturated heterocycles. The number of nitrogens with zero attached hydrogens (tertiary/aromatic N) is 1. The van der Waals surface area contributed by atoms with Crippen molar-refractivity contribution in [1.82, 2.24) is 9.97 Å². The van der Waals surface area contributed by atoms with Crippen LogP contribution in [0.25, 0.3) is 0 Å². The first-order valence-electron chi connectivity index (χ1n) is 6.27. The van der Waals surface area contributed by atoms with Gasteiger partial charge in [-0.3, -0.25) is 4.79 Å². The first-order valence-corrected chi connectivity index (χ1v) is 7.73. The number of aromatic nitrogens is 2. The molecule has 1 saturated carbocycles. The summed E-state index contributed by atoms with van der Waals surface area (Å²) < 4.78 is 14.4. The molecular weight excluding hydrogens is 394 g/mol. The fraction of sp³-hybridized carbons (Fsp3) is 0.286. The molecule has 1 heterocycles. The van der Waals surface area contributed by atoms with Crippen molar-refractivity contribution in [2.75, 3.05) is 0 Å². The van der Waals surface area contributed by atoms with Crippen molar-refractivity contribution in [3.8, 4) is 0 Å². The Labute approximate surface area is 133 Å². The molecule has 6 heteroatoms. The van der Waals surface area contributed by atoms with Gasteiger partial charge in [-0.1, -0.05) is 17.7 Å². The van der Waals surface area contributed by atoms with Crippen molar-refractivity contribution in [1.29, 1.82) is 0 Å². The maximum atomic E-state index is 13.8. The van der Waals surface area contributed by atoms with E-state index in [9.17, 15) is 9.18 Å². The van der Waals surface area contributed by atoms with Crippen LogP contribution in [0.1, 0.15) is 35.8 Å². The summed E-state index contributed by atoms with van der Waals surface area (Å²) in [5.74, 6) is 0.454. The molecule has 3 rings (SSSR count). The summed E-state index contributed by atoms with van der Waals surface area (Å²) in [7, 11) is 0. The van der Waals surface area contributed by atoms with E-state index >= 15 is 0 Å². The summed E-state index contributed by atoms with van der Waals surface area (Å²) in [6, 6.07) is 4.54. The second kappa shape index (κ2) is 5.44. The van der Waals surface area contributed by atoms with Gasteiger partial charge in [-0.15, -0.1) is 0 Å². The molecule has 1 aromatic carbocycles. The monoisotopic (exact) mass is 404 g/mol. The van der Waals surface area contributed by atoms with Gasteiger partial charge in [0.1, 0.15) is 11.6 Å². The van der Waals surface area contributed by atoms with Gasteiger partial charge in [0.15, 0.2) is 0 Å². The molecule has 1 aromatic heterocycles. The molecule has 104 valence electrons. The first kappa shape index (κ1) is 14.0. The number of rotatable bonds is 3. The van der Waals surface area contributed by atoms with Gasteiger partial charge in [-0.25, -0.2) is 9.37 Å². The zero-order valence-corrected chi connectivity index (χ0v) is 13.3. The van der Waals surface area contributed by atoms with Gasteiger partial charge in [-0.2, -0.15) is 0 Å². The number of halogens is 3. The van der Waals surface area contributed by atoms with E-state index in [1.165, 1.54) is 6.07 Å². The van der Waals surface area contributed by atoms with Crippen molar-refractivity contribution < 1.29 is 4.39 Å². The molecule has 2 aromatic rings. The van der Waals surface area contributed by atoms with Crippen molar-refractivity contribution in [2.24, 2.45) is 0 Å². The lowest BCUT2D eigenvalue weighted by Gasteiger charge is -2.08. The van der Waals surface area contributed by atoms with Gasteiger partial charge in [0.05, 0.1) is 9.26 Å². The second-order valence-electron chi connectivity index (χ2n) is 4.86. The lowest BCUT2D eigenvalue weighted by Crippen LogP contribution is -2.18. The van der Waals surface area contributed by atoms with Gasteiger partial charge < -0.3 is 4.98 Å². The van der Waals surface area contributed by atoms with E-state index in [2.05, 4.69) is 9.97 Å². The van der Waals surface area contributed by atoms with Gasteiger partial charge in [-0.05, 0) is 47.6 Å². The summed E-state index contributed by atoms with van der Waals surface area (Å²) in [6.45, 7) is 0. The Bertz CT molecular complexity index is 707. The predicted octanol–water partition coefficient (Wildman–Crippen LogP) is 3.64. The van der Waals surface area contributed by atoms with Crippen molar-refractivity contribution in [2.45, 2.75) is 25.2 Å². The molecule has 0 aliphatic heterocycles. The number of hydrogen-bond acceptors (Lipinski definition) is 2. The minimum absolute atomic E-state index is 0.162. The highest BCUT2D eigenvalue weighted by atomic mass is 127. The molecule has 0 amide bonds. The fourth-order valence-corrected chi connectivity index (χ4v) is 3.03. The van der Waals surface area contributed by atoms with Crippen LogP contribution in [0.4, 0.5) is 4.39 Å². The Morgan fingerprint density at radius 2 is 2.20 bits per heavy atom. The zero-order valence-electron chi connectivity index (χ0n) is 10.4. The van der Waals surface area contributed by atoms with E-state index in [4.69, 9.17) is 11.6 Å². The lowest BCUT2D eigenvalue weighted by molar-refractivity contribution is 0.611. The average Bonchev–Trinajstić information content (AvgIpc) is 3.22. The summed E-state index contributed by atoms with van der Waals surface area (Å²) in [5.41, 5.74) is 1.03. The van der Waals surface area contributed by atoms with Gasteiger partial charge in [0.25, 0.3) is 5.56 Å². The Balaban J connectivity index is 2.01. The average molecular weight is 405 g/mol. The van der Waals surface area contributed by atoms with Gasteiger partial charge >= 0.3 is 0 Å². The minimum Gasteiger partial charge on any atom is -0.309 e. The van der Waals surface area contributed by atoms with E-state index in [1.54, 1.807) is 12.1 Å². The fourth-order valence-electron chi connectivity index (χ4n) is 2.10. The van der Waals surface area contributed by atoms with Crippen LogP contribution in [0.2, 0.25) is 5.02 Å². The van der Waals surface area contributed by atoms with Crippen LogP contribution in [-0.4, -0.2) is 9.97 Å². The molecule has 0 bridgehead atoms. The van der Waals surface area contributed by atoms with Crippen LogP contribution >= 0.6 is 34.2 Å². The van der Waals surface area contributed by atoms with Gasteiger partial charge in [0, 0.05) is 22.9 Å². The van der Waals surface area contributed by atoms with Gasteiger partial charge in [0.2, 0.25) is 0 Å². The lowest BCUT2D eigenvalue weighted by atomic mass is 10.1. The number of nitrogens with one attached hydrogen (secondary N) is 1. The van der Waals surface area contributed by atoms with Crippen LogP contribution in [0, 0.1) is 9.39 Å². The Kier molecular flexibility index (Phi) is 3.81.